The first-order chi connectivity index (χ1) is 9.85. The highest BCUT2D eigenvalue weighted by atomic mass is 35.5. The predicted molar refractivity (Wildman–Crippen MR) is 84.4 cm³/mol. The third kappa shape index (κ3) is 3.22. The normalized spacial score (nSPS) is 11.2. The van der Waals surface area contributed by atoms with Gasteiger partial charge in [-0.3, -0.25) is 4.72 Å². The van der Waals surface area contributed by atoms with E-state index in [1.54, 1.807) is 25.1 Å². The molecule has 2 aromatic rings. The first-order valence-corrected chi connectivity index (χ1v) is 7.92. The van der Waals surface area contributed by atoms with Crippen LogP contribution < -0.4 is 15.2 Å². The number of halogens is 1. The van der Waals surface area contributed by atoms with Crippen molar-refractivity contribution in [1.29, 1.82) is 0 Å². The zero-order valence-electron chi connectivity index (χ0n) is 11.6. The lowest BCUT2D eigenvalue weighted by Crippen LogP contribution is -2.14. The van der Waals surface area contributed by atoms with E-state index in [1.807, 2.05) is 0 Å². The highest BCUT2D eigenvalue weighted by Crippen LogP contribution is 2.29. The lowest BCUT2D eigenvalue weighted by Gasteiger charge is -2.12. The largest absolute Gasteiger partial charge is 0.495 e. The Morgan fingerprint density at radius 2 is 1.95 bits per heavy atom. The SMILES string of the molecule is COc1ccc(S(=O)(=O)Nc2cccc(N)c2C)cc1Cl. The van der Waals surface area contributed by atoms with Gasteiger partial charge in [-0.05, 0) is 42.8 Å². The average molecular weight is 327 g/mol. The van der Waals surface area contributed by atoms with Gasteiger partial charge < -0.3 is 10.5 Å². The Bertz CT molecular complexity index is 776. The van der Waals surface area contributed by atoms with E-state index < -0.39 is 10.0 Å². The molecular formula is C14H15ClN2O3S. The molecule has 3 N–H and O–H groups in total. The first kappa shape index (κ1) is 15.5. The molecule has 2 aromatic carbocycles. The number of nitrogens with two attached hydrogens (primary N) is 1. The maximum absolute atomic E-state index is 12.4. The van der Waals surface area contributed by atoms with Gasteiger partial charge in [-0.1, -0.05) is 17.7 Å². The molecule has 7 heteroatoms. The minimum absolute atomic E-state index is 0.0510. The van der Waals surface area contributed by atoms with Gasteiger partial charge in [0.25, 0.3) is 10.0 Å². The second-order valence-corrected chi connectivity index (χ2v) is 6.51. The summed E-state index contributed by atoms with van der Waals surface area (Å²) in [6.45, 7) is 1.74. The number of hydrogen-bond acceptors (Lipinski definition) is 4. The summed E-state index contributed by atoms with van der Waals surface area (Å²) >= 11 is 5.96. The number of nitrogens with one attached hydrogen (secondary N) is 1. The van der Waals surface area contributed by atoms with Crippen LogP contribution >= 0.6 is 11.6 Å². The monoisotopic (exact) mass is 326 g/mol. The van der Waals surface area contributed by atoms with Crippen LogP contribution in [-0.2, 0) is 10.0 Å². The van der Waals surface area contributed by atoms with E-state index >= 15 is 0 Å². The van der Waals surface area contributed by atoms with Gasteiger partial charge in [-0.15, -0.1) is 0 Å². The van der Waals surface area contributed by atoms with Crippen molar-refractivity contribution in [2.24, 2.45) is 0 Å². The van der Waals surface area contributed by atoms with Crippen LogP contribution in [0.2, 0.25) is 5.02 Å². The second kappa shape index (κ2) is 5.83. The second-order valence-electron chi connectivity index (χ2n) is 4.42. The molecule has 0 fully saturated rings. The molecule has 0 unspecified atom stereocenters. The molecule has 21 heavy (non-hydrogen) atoms. The fourth-order valence-electron chi connectivity index (χ4n) is 1.78. The molecule has 0 aliphatic heterocycles. The zero-order chi connectivity index (χ0) is 15.6. The van der Waals surface area contributed by atoms with Crippen molar-refractivity contribution in [3.8, 4) is 5.75 Å². The third-order valence-electron chi connectivity index (χ3n) is 3.05. The predicted octanol–water partition coefficient (Wildman–Crippen LogP) is 3.04. The summed E-state index contributed by atoms with van der Waals surface area (Å²) in [7, 11) is -2.28. The molecule has 112 valence electrons. The topological polar surface area (TPSA) is 81.4 Å². The van der Waals surface area contributed by atoms with Crippen LogP contribution in [-0.4, -0.2) is 15.5 Å². The van der Waals surface area contributed by atoms with E-state index in [2.05, 4.69) is 4.72 Å². The lowest BCUT2D eigenvalue weighted by molar-refractivity contribution is 0.414. The third-order valence-corrected chi connectivity index (χ3v) is 4.71. The van der Waals surface area contributed by atoms with Crippen LogP contribution in [0.15, 0.2) is 41.3 Å². The molecule has 0 aliphatic rings. The highest BCUT2D eigenvalue weighted by Gasteiger charge is 2.17. The number of benzene rings is 2. The van der Waals surface area contributed by atoms with E-state index in [9.17, 15) is 8.42 Å². The minimum Gasteiger partial charge on any atom is -0.495 e. The van der Waals surface area contributed by atoms with Crippen LogP contribution in [0.5, 0.6) is 5.75 Å². The van der Waals surface area contributed by atoms with Gasteiger partial charge in [0.05, 0.1) is 22.7 Å². The molecule has 0 spiro atoms. The number of rotatable bonds is 4. The van der Waals surface area contributed by atoms with E-state index in [4.69, 9.17) is 22.1 Å². The van der Waals surface area contributed by atoms with Gasteiger partial charge in [0, 0.05) is 5.69 Å². The van der Waals surface area contributed by atoms with Crippen molar-refractivity contribution in [3.63, 3.8) is 0 Å². The lowest BCUT2D eigenvalue weighted by atomic mass is 10.2. The summed E-state index contributed by atoms with van der Waals surface area (Å²) in [5, 5.41) is 0.227. The van der Waals surface area contributed by atoms with Crippen LogP contribution in [0.3, 0.4) is 0 Å². The summed E-state index contributed by atoms with van der Waals surface area (Å²) in [6, 6.07) is 9.30. The Kier molecular flexibility index (Phi) is 4.29. The van der Waals surface area contributed by atoms with Crippen LogP contribution in [0, 0.1) is 6.92 Å². The van der Waals surface area contributed by atoms with E-state index in [-0.39, 0.29) is 9.92 Å². The number of ether oxygens (including phenoxy) is 1. The first-order valence-electron chi connectivity index (χ1n) is 6.06. The van der Waals surface area contributed by atoms with Crippen molar-refractivity contribution in [3.05, 3.63) is 47.0 Å². The molecule has 0 bridgehead atoms. The van der Waals surface area contributed by atoms with Crippen LogP contribution in [0.1, 0.15) is 5.56 Å². The Morgan fingerprint density at radius 1 is 1.24 bits per heavy atom. The minimum atomic E-state index is -3.75. The van der Waals surface area contributed by atoms with Crippen molar-refractivity contribution < 1.29 is 13.2 Å². The highest BCUT2D eigenvalue weighted by molar-refractivity contribution is 7.92. The summed E-state index contributed by atoms with van der Waals surface area (Å²) in [4.78, 5) is 0.0510. The average Bonchev–Trinajstić information content (AvgIpc) is 2.43. The van der Waals surface area contributed by atoms with E-state index in [0.717, 1.165) is 0 Å². The molecule has 0 amide bonds. The Balaban J connectivity index is 2.39. The van der Waals surface area contributed by atoms with E-state index in [1.165, 1.54) is 25.3 Å². The molecule has 5 nitrogen and oxygen atoms in total. The van der Waals surface area contributed by atoms with Crippen molar-refractivity contribution in [2.45, 2.75) is 11.8 Å². The molecule has 0 saturated carbocycles. The zero-order valence-corrected chi connectivity index (χ0v) is 13.1. The Morgan fingerprint density at radius 3 is 2.57 bits per heavy atom. The molecule has 2 rings (SSSR count). The van der Waals surface area contributed by atoms with Gasteiger partial charge in [0.15, 0.2) is 0 Å². The molecule has 0 radical (unpaired) electrons. The van der Waals surface area contributed by atoms with Gasteiger partial charge in [-0.25, -0.2) is 8.42 Å². The van der Waals surface area contributed by atoms with Crippen LogP contribution in [0.4, 0.5) is 11.4 Å². The molecule has 0 atom stereocenters. The summed E-state index contributed by atoms with van der Waals surface area (Å²) in [5.41, 5.74) is 7.38. The smallest absolute Gasteiger partial charge is 0.261 e. The summed E-state index contributed by atoms with van der Waals surface area (Å²) in [6.07, 6.45) is 0. The summed E-state index contributed by atoms with van der Waals surface area (Å²) in [5.74, 6) is 0.413. The quantitative estimate of drug-likeness (QED) is 0.846. The van der Waals surface area contributed by atoms with Crippen molar-refractivity contribution >= 4 is 33.0 Å². The van der Waals surface area contributed by atoms with Gasteiger partial charge in [0.1, 0.15) is 5.75 Å². The number of hydrogen-bond donors (Lipinski definition) is 2. The fourth-order valence-corrected chi connectivity index (χ4v) is 3.25. The van der Waals surface area contributed by atoms with Crippen LogP contribution in [0.25, 0.3) is 0 Å². The maximum atomic E-state index is 12.4. The number of anilines is 2. The van der Waals surface area contributed by atoms with E-state index in [0.29, 0.717) is 22.7 Å². The van der Waals surface area contributed by atoms with Gasteiger partial charge in [-0.2, -0.15) is 0 Å². The Labute approximate surface area is 128 Å². The molecule has 0 saturated heterocycles. The molecule has 0 aromatic heterocycles. The number of sulfonamides is 1. The fraction of sp³-hybridized carbons (Fsp3) is 0.143. The number of nitrogen functional groups attached to an aromatic ring is 1. The maximum Gasteiger partial charge on any atom is 0.261 e. The van der Waals surface area contributed by atoms with Gasteiger partial charge >= 0.3 is 0 Å². The Hall–Kier alpha value is -1.92. The van der Waals surface area contributed by atoms with Crippen molar-refractivity contribution in [2.75, 3.05) is 17.6 Å². The molecule has 0 aliphatic carbocycles. The van der Waals surface area contributed by atoms with Crippen molar-refractivity contribution in [1.82, 2.24) is 0 Å². The number of methoxy groups -OCH3 is 1. The molecular weight excluding hydrogens is 312 g/mol. The standard InChI is InChI=1S/C14H15ClN2O3S/c1-9-12(16)4-3-5-13(9)17-21(18,19)10-6-7-14(20-2)11(15)8-10/h3-8,17H,16H2,1-2H3. The van der Waals surface area contributed by atoms with Gasteiger partial charge in [0.2, 0.25) is 0 Å². The molecule has 0 heterocycles. The summed E-state index contributed by atoms with van der Waals surface area (Å²) < 4.78 is 32.2.